The van der Waals surface area contributed by atoms with Gasteiger partial charge in [0.2, 0.25) is 0 Å². The molecule has 5 heteroatoms. The van der Waals surface area contributed by atoms with Gasteiger partial charge in [0.05, 0.1) is 10.5 Å². The van der Waals surface area contributed by atoms with Crippen molar-refractivity contribution in [2.24, 2.45) is 0 Å². The molecule has 0 unspecified atom stereocenters. The second kappa shape index (κ2) is 8.02. The molecule has 1 aromatic heterocycles. The Bertz CT molecular complexity index is 580. The zero-order chi connectivity index (χ0) is 15.2. The third kappa shape index (κ3) is 3.91. The third-order valence-electron chi connectivity index (χ3n) is 3.75. The summed E-state index contributed by atoms with van der Waals surface area (Å²) in [6.45, 7) is 8.58. The zero-order valence-electron chi connectivity index (χ0n) is 12.8. The Hall–Kier alpha value is -0.770. The van der Waals surface area contributed by atoms with E-state index in [1.807, 2.05) is 12.1 Å². The van der Waals surface area contributed by atoms with Gasteiger partial charge >= 0.3 is 0 Å². The lowest BCUT2D eigenvalue weighted by Crippen LogP contribution is -2.28. The van der Waals surface area contributed by atoms with Crippen LogP contribution in [0.15, 0.2) is 18.2 Å². The normalized spacial score (nSPS) is 11.7. The van der Waals surface area contributed by atoms with Crippen LogP contribution < -0.4 is 0 Å². The predicted octanol–water partition coefficient (Wildman–Crippen LogP) is 4.20. The first-order valence-corrected chi connectivity index (χ1v) is 8.54. The van der Waals surface area contributed by atoms with Gasteiger partial charge in [-0.05, 0) is 31.6 Å². The fourth-order valence-corrected chi connectivity index (χ4v) is 3.05. The van der Waals surface area contributed by atoms with Gasteiger partial charge in [-0.25, -0.2) is 4.98 Å². The average Bonchev–Trinajstić information content (AvgIpc) is 2.83. The van der Waals surface area contributed by atoms with Crippen molar-refractivity contribution in [2.75, 3.05) is 25.5 Å². The molecule has 2 rings (SSSR count). The van der Waals surface area contributed by atoms with Gasteiger partial charge in [-0.15, -0.1) is 11.6 Å². The van der Waals surface area contributed by atoms with Crippen molar-refractivity contribution in [2.45, 2.75) is 33.2 Å². The van der Waals surface area contributed by atoms with Crippen LogP contribution in [0.3, 0.4) is 0 Å². The second-order valence-electron chi connectivity index (χ2n) is 5.16. The van der Waals surface area contributed by atoms with E-state index >= 15 is 0 Å². The lowest BCUT2D eigenvalue weighted by Gasteiger charge is -2.20. The number of aryl methyl sites for hydroxylation is 1. The minimum atomic E-state index is 0.577. The molecule has 3 nitrogen and oxygen atoms in total. The number of benzene rings is 1. The van der Waals surface area contributed by atoms with Gasteiger partial charge in [-0.1, -0.05) is 31.5 Å². The Morgan fingerprint density at radius 2 is 2.05 bits per heavy atom. The maximum atomic E-state index is 6.26. The summed E-state index contributed by atoms with van der Waals surface area (Å²) in [6.07, 6.45) is 1.95. The molecule has 0 N–H and O–H groups in total. The molecule has 0 saturated carbocycles. The van der Waals surface area contributed by atoms with Gasteiger partial charge in [0.15, 0.2) is 0 Å². The summed E-state index contributed by atoms with van der Waals surface area (Å²) in [5, 5.41) is 0.711. The summed E-state index contributed by atoms with van der Waals surface area (Å²) in [6, 6.07) is 5.96. The molecule has 0 aliphatic rings. The lowest BCUT2D eigenvalue weighted by atomic mass is 10.3. The van der Waals surface area contributed by atoms with Gasteiger partial charge in [-0.3, -0.25) is 0 Å². The Morgan fingerprint density at radius 1 is 1.24 bits per heavy atom. The summed E-state index contributed by atoms with van der Waals surface area (Å²) in [5.74, 6) is 1.61. The Kier molecular flexibility index (Phi) is 6.34. The van der Waals surface area contributed by atoms with Gasteiger partial charge < -0.3 is 9.47 Å². The van der Waals surface area contributed by atoms with E-state index in [0.29, 0.717) is 10.9 Å². The molecule has 116 valence electrons. The number of imidazole rings is 1. The highest BCUT2D eigenvalue weighted by molar-refractivity contribution is 6.34. The van der Waals surface area contributed by atoms with E-state index < -0.39 is 0 Å². The van der Waals surface area contributed by atoms with Crippen LogP contribution in [-0.4, -0.2) is 40.0 Å². The maximum Gasteiger partial charge on any atom is 0.111 e. The quantitative estimate of drug-likeness (QED) is 0.677. The predicted molar refractivity (Wildman–Crippen MR) is 91.6 cm³/mol. The van der Waals surface area contributed by atoms with Crippen LogP contribution in [0.25, 0.3) is 11.0 Å². The second-order valence-corrected chi connectivity index (χ2v) is 5.95. The molecular weight excluding hydrogens is 305 g/mol. The minimum Gasteiger partial charge on any atom is -0.327 e. The molecule has 1 heterocycles. The summed E-state index contributed by atoms with van der Waals surface area (Å²) >= 11 is 12.2. The smallest absolute Gasteiger partial charge is 0.111 e. The standard InChI is InChI=1S/C16H23Cl2N3/c1-3-10-20(4-2)11-12-21-14-7-5-6-13(18)16(14)19-15(21)8-9-17/h5-7H,3-4,8-12H2,1-2H3. The fraction of sp³-hybridized carbons (Fsp3) is 0.562. The molecule has 21 heavy (non-hydrogen) atoms. The number of aromatic nitrogens is 2. The number of hydrogen-bond donors (Lipinski definition) is 0. The number of nitrogens with zero attached hydrogens (tertiary/aromatic N) is 3. The summed E-state index contributed by atoms with van der Waals surface area (Å²) in [4.78, 5) is 7.14. The minimum absolute atomic E-state index is 0.577. The van der Waals surface area contributed by atoms with Crippen molar-refractivity contribution in [1.82, 2.24) is 14.5 Å². The molecule has 0 atom stereocenters. The van der Waals surface area contributed by atoms with Crippen LogP contribution in [0.1, 0.15) is 26.1 Å². The molecule has 0 spiro atoms. The van der Waals surface area contributed by atoms with Crippen LogP contribution in [0.5, 0.6) is 0 Å². The Labute approximate surface area is 136 Å². The lowest BCUT2D eigenvalue weighted by molar-refractivity contribution is 0.277. The molecule has 0 bridgehead atoms. The zero-order valence-corrected chi connectivity index (χ0v) is 14.3. The van der Waals surface area contributed by atoms with Gasteiger partial charge in [-0.2, -0.15) is 0 Å². The number of hydrogen-bond acceptors (Lipinski definition) is 2. The van der Waals surface area contributed by atoms with Crippen LogP contribution >= 0.6 is 23.2 Å². The van der Waals surface area contributed by atoms with Crippen molar-refractivity contribution in [1.29, 1.82) is 0 Å². The number of para-hydroxylation sites is 1. The monoisotopic (exact) mass is 327 g/mol. The highest BCUT2D eigenvalue weighted by Gasteiger charge is 2.13. The molecular formula is C16H23Cl2N3. The van der Waals surface area contributed by atoms with Gasteiger partial charge in [0.25, 0.3) is 0 Å². The molecule has 0 saturated heterocycles. The summed E-state index contributed by atoms with van der Waals surface area (Å²) < 4.78 is 2.27. The molecule has 0 radical (unpaired) electrons. The van der Waals surface area contributed by atoms with E-state index in [1.54, 1.807) is 0 Å². The largest absolute Gasteiger partial charge is 0.327 e. The number of likely N-dealkylation sites (N-methyl/N-ethyl adjacent to an activating group) is 1. The molecule has 0 fully saturated rings. The topological polar surface area (TPSA) is 21.1 Å². The molecule has 0 aliphatic heterocycles. The van der Waals surface area contributed by atoms with Crippen molar-refractivity contribution >= 4 is 34.2 Å². The highest BCUT2D eigenvalue weighted by Crippen LogP contribution is 2.24. The van der Waals surface area contributed by atoms with E-state index in [4.69, 9.17) is 23.2 Å². The van der Waals surface area contributed by atoms with Crippen LogP contribution in [0, 0.1) is 0 Å². The highest BCUT2D eigenvalue weighted by atomic mass is 35.5. The van der Waals surface area contributed by atoms with Gasteiger partial charge in [0.1, 0.15) is 11.3 Å². The van der Waals surface area contributed by atoms with Crippen molar-refractivity contribution in [3.05, 3.63) is 29.0 Å². The Balaban J connectivity index is 2.27. The average molecular weight is 328 g/mol. The first-order chi connectivity index (χ1) is 10.2. The molecule has 1 aromatic carbocycles. The van der Waals surface area contributed by atoms with Crippen molar-refractivity contribution in [3.63, 3.8) is 0 Å². The Morgan fingerprint density at radius 3 is 2.71 bits per heavy atom. The van der Waals surface area contributed by atoms with E-state index in [2.05, 4.69) is 34.4 Å². The molecule has 0 amide bonds. The van der Waals surface area contributed by atoms with Crippen LogP contribution in [0.4, 0.5) is 0 Å². The van der Waals surface area contributed by atoms with Gasteiger partial charge in [0, 0.05) is 25.4 Å². The van der Waals surface area contributed by atoms with Crippen molar-refractivity contribution < 1.29 is 0 Å². The number of fused-ring (bicyclic) bond motifs is 1. The van der Waals surface area contributed by atoms with E-state index in [-0.39, 0.29) is 0 Å². The van der Waals surface area contributed by atoms with E-state index in [1.165, 1.54) is 6.42 Å². The van der Waals surface area contributed by atoms with Crippen molar-refractivity contribution in [3.8, 4) is 0 Å². The molecule has 0 aliphatic carbocycles. The number of alkyl halides is 1. The maximum absolute atomic E-state index is 6.26. The SMILES string of the molecule is CCCN(CC)CCn1c(CCCl)nc2c(Cl)cccc21. The van der Waals surface area contributed by atoms with Crippen LogP contribution in [0.2, 0.25) is 5.02 Å². The van der Waals surface area contributed by atoms with E-state index in [9.17, 15) is 0 Å². The fourth-order valence-electron chi connectivity index (χ4n) is 2.67. The number of halogens is 2. The van der Waals surface area contributed by atoms with Crippen LogP contribution in [-0.2, 0) is 13.0 Å². The number of rotatable bonds is 8. The molecule has 2 aromatic rings. The first-order valence-electron chi connectivity index (χ1n) is 7.63. The summed E-state index contributed by atoms with van der Waals surface area (Å²) in [7, 11) is 0. The van der Waals surface area contributed by atoms with E-state index in [0.717, 1.165) is 49.5 Å². The third-order valence-corrected chi connectivity index (χ3v) is 4.25. The first kappa shape index (κ1) is 16.6. The summed E-state index contributed by atoms with van der Waals surface area (Å²) in [5.41, 5.74) is 1.99.